The van der Waals surface area contributed by atoms with Gasteiger partial charge in [-0.3, -0.25) is 14.3 Å². The largest absolute Gasteiger partial charge is 0.414 e. The van der Waals surface area contributed by atoms with Crippen molar-refractivity contribution in [3.8, 4) is 0 Å². The fourth-order valence-corrected chi connectivity index (χ4v) is 16.9. The Morgan fingerprint density at radius 2 is 1.54 bits per heavy atom. The molecule has 0 saturated carbocycles. The maximum Gasteiger partial charge on any atom is 0.335 e. The number of aromatic nitrogens is 2. The summed E-state index contributed by atoms with van der Waals surface area (Å²) in [5, 5.41) is 0. The Bertz CT molecular complexity index is 1020. The predicted molar refractivity (Wildman–Crippen MR) is 140 cm³/mol. The van der Waals surface area contributed by atoms with E-state index in [1.54, 1.807) is 0 Å². The van der Waals surface area contributed by atoms with Crippen LogP contribution < -0.4 is 11.2 Å². The molecule has 0 aliphatic carbocycles. The zero-order valence-electron chi connectivity index (χ0n) is 23.1. The first-order valence-corrected chi connectivity index (χ1v) is 17.2. The standard InChI is InChI=1S/C24H42N2O9Si2/c1-14(2)36(15(3)4)31-13-18-20(34-37(35-36,16(5)6)17(7)8)21(33-24-29-11-12-30-24)22(32-18)26-10-9-19(27)25-23(26)28/h9-10,14-18,20-22,24H,11-13H2,1-8H3,(H,25,27,28)/t18-,20-,21-,22-/m0/s1. The van der Waals surface area contributed by atoms with Gasteiger partial charge in [-0.1, -0.05) is 55.4 Å². The van der Waals surface area contributed by atoms with E-state index in [0.29, 0.717) is 13.2 Å². The predicted octanol–water partition coefficient (Wildman–Crippen LogP) is 3.11. The second-order valence-electron chi connectivity index (χ2n) is 11.3. The highest BCUT2D eigenvalue weighted by Gasteiger charge is 2.62. The van der Waals surface area contributed by atoms with Crippen LogP contribution in [0, 0.1) is 0 Å². The third kappa shape index (κ3) is 5.34. The van der Waals surface area contributed by atoms with Gasteiger partial charge in [0.2, 0.25) is 0 Å². The first-order chi connectivity index (χ1) is 17.4. The molecule has 0 amide bonds. The third-order valence-corrected chi connectivity index (χ3v) is 17.9. The molecule has 11 nitrogen and oxygen atoms in total. The van der Waals surface area contributed by atoms with E-state index >= 15 is 0 Å². The third-order valence-electron chi connectivity index (χ3n) is 7.60. The van der Waals surface area contributed by atoms with E-state index in [2.05, 4.69) is 60.4 Å². The molecule has 210 valence electrons. The summed E-state index contributed by atoms with van der Waals surface area (Å²) in [4.78, 5) is 26.9. The smallest absolute Gasteiger partial charge is 0.335 e. The molecule has 1 aromatic rings. The highest BCUT2D eigenvalue weighted by molar-refractivity contribution is 6.83. The van der Waals surface area contributed by atoms with Gasteiger partial charge in [0.15, 0.2) is 6.23 Å². The summed E-state index contributed by atoms with van der Waals surface area (Å²) in [6.45, 7) is 17.3. The number of fused-ring (bicyclic) bond motifs is 1. The van der Waals surface area contributed by atoms with Gasteiger partial charge in [-0.25, -0.2) is 4.79 Å². The van der Waals surface area contributed by atoms with Crippen LogP contribution in [0.3, 0.4) is 0 Å². The van der Waals surface area contributed by atoms with E-state index in [4.69, 9.17) is 31.9 Å². The topological polar surface area (TPSA) is 119 Å². The van der Waals surface area contributed by atoms with Gasteiger partial charge in [0.25, 0.3) is 12.0 Å². The lowest BCUT2D eigenvalue weighted by atomic mass is 10.1. The maximum absolute atomic E-state index is 12.8. The molecule has 0 aromatic carbocycles. The average Bonchev–Trinajstić information content (AvgIpc) is 3.42. The molecule has 3 aliphatic heterocycles. The van der Waals surface area contributed by atoms with Crippen molar-refractivity contribution in [2.24, 2.45) is 0 Å². The number of rotatable bonds is 7. The lowest BCUT2D eigenvalue weighted by Gasteiger charge is -2.51. The number of hydrogen-bond acceptors (Lipinski definition) is 9. The zero-order chi connectivity index (χ0) is 27.1. The summed E-state index contributed by atoms with van der Waals surface area (Å²) in [7, 11) is -5.74. The molecule has 0 unspecified atom stereocenters. The van der Waals surface area contributed by atoms with Gasteiger partial charge in [-0.15, -0.1) is 0 Å². The lowest BCUT2D eigenvalue weighted by Crippen LogP contribution is -2.66. The van der Waals surface area contributed by atoms with Crippen LogP contribution in [0.15, 0.2) is 21.9 Å². The quantitative estimate of drug-likeness (QED) is 0.504. The van der Waals surface area contributed by atoms with Gasteiger partial charge >= 0.3 is 22.8 Å². The Balaban J connectivity index is 1.81. The molecular formula is C24H42N2O9Si2. The second-order valence-corrected chi connectivity index (χ2v) is 20.1. The van der Waals surface area contributed by atoms with Crippen LogP contribution in [0.1, 0.15) is 61.6 Å². The van der Waals surface area contributed by atoms with Crippen molar-refractivity contribution >= 4 is 17.1 Å². The molecule has 4 heterocycles. The first-order valence-electron chi connectivity index (χ1n) is 13.3. The van der Waals surface area contributed by atoms with Crippen LogP contribution >= 0.6 is 0 Å². The minimum absolute atomic E-state index is 0.105. The molecule has 1 N–H and O–H groups in total. The van der Waals surface area contributed by atoms with E-state index in [1.807, 2.05) is 0 Å². The molecule has 3 fully saturated rings. The average molecular weight is 559 g/mol. The zero-order valence-corrected chi connectivity index (χ0v) is 25.1. The van der Waals surface area contributed by atoms with Crippen LogP contribution in [0.25, 0.3) is 0 Å². The van der Waals surface area contributed by atoms with Crippen LogP contribution in [0.2, 0.25) is 22.2 Å². The normalized spacial score (nSPS) is 30.3. The Morgan fingerprint density at radius 1 is 0.946 bits per heavy atom. The monoisotopic (exact) mass is 558 g/mol. The second kappa shape index (κ2) is 11.1. The van der Waals surface area contributed by atoms with Crippen molar-refractivity contribution in [3.05, 3.63) is 33.1 Å². The molecular weight excluding hydrogens is 516 g/mol. The lowest BCUT2D eigenvalue weighted by molar-refractivity contribution is -0.271. The minimum Gasteiger partial charge on any atom is -0.414 e. The SMILES string of the molecule is CC(C)[Si]1(C(C)C)OC[C@@H]2O[C@H](n3ccc(=O)[nH]c3=O)[C@@H](OC3OCCO3)[C@H]2O[Si](C(C)C)(C(C)C)O1. The molecule has 3 aliphatic rings. The van der Waals surface area contributed by atoms with Gasteiger partial charge < -0.3 is 31.9 Å². The molecule has 0 bridgehead atoms. The fraction of sp³-hybridized carbons (Fsp3) is 0.833. The number of ether oxygens (including phenoxy) is 4. The highest BCUT2D eigenvalue weighted by Crippen LogP contribution is 2.48. The van der Waals surface area contributed by atoms with Crippen molar-refractivity contribution in [1.82, 2.24) is 9.55 Å². The Morgan fingerprint density at radius 3 is 2.08 bits per heavy atom. The highest BCUT2D eigenvalue weighted by atomic mass is 28.5. The number of aromatic amines is 1. The van der Waals surface area contributed by atoms with E-state index in [0.717, 1.165) is 0 Å². The van der Waals surface area contributed by atoms with E-state index in [-0.39, 0.29) is 28.8 Å². The van der Waals surface area contributed by atoms with E-state index in [9.17, 15) is 9.59 Å². The number of nitrogens with zero attached hydrogens (tertiary/aromatic N) is 1. The van der Waals surface area contributed by atoms with E-state index in [1.165, 1.54) is 16.8 Å². The molecule has 0 spiro atoms. The van der Waals surface area contributed by atoms with Gasteiger partial charge in [-0.05, 0) is 22.2 Å². The van der Waals surface area contributed by atoms with Crippen molar-refractivity contribution in [3.63, 3.8) is 0 Å². The number of H-pyrrole nitrogens is 1. The summed E-state index contributed by atoms with van der Waals surface area (Å²) in [6.07, 6.45) is -1.41. The minimum atomic E-state index is -2.97. The molecule has 37 heavy (non-hydrogen) atoms. The molecule has 3 saturated heterocycles. The van der Waals surface area contributed by atoms with Crippen molar-refractivity contribution in [2.45, 2.75) is 109 Å². The summed E-state index contributed by atoms with van der Waals surface area (Å²) >= 11 is 0. The van der Waals surface area contributed by atoms with Crippen LogP contribution in [-0.2, 0) is 31.9 Å². The first kappa shape index (κ1) is 28.8. The van der Waals surface area contributed by atoms with Gasteiger partial charge in [0.05, 0.1) is 19.8 Å². The molecule has 4 atom stereocenters. The van der Waals surface area contributed by atoms with Crippen LogP contribution in [-0.4, -0.2) is 71.3 Å². The summed E-state index contributed by atoms with van der Waals surface area (Å²) < 4.78 is 46.4. The van der Waals surface area contributed by atoms with Gasteiger partial charge in [-0.2, -0.15) is 0 Å². The fourth-order valence-electron chi connectivity index (χ4n) is 5.66. The van der Waals surface area contributed by atoms with Crippen LogP contribution in [0.5, 0.6) is 0 Å². The van der Waals surface area contributed by atoms with Gasteiger partial charge in [0, 0.05) is 12.3 Å². The van der Waals surface area contributed by atoms with Crippen molar-refractivity contribution in [2.75, 3.05) is 19.8 Å². The number of nitrogens with one attached hydrogen (secondary N) is 1. The maximum atomic E-state index is 12.8. The molecule has 4 rings (SSSR count). The summed E-state index contributed by atoms with van der Waals surface area (Å²) in [6, 6.07) is 1.28. The summed E-state index contributed by atoms with van der Waals surface area (Å²) in [5.41, 5.74) is -0.516. The molecule has 13 heteroatoms. The van der Waals surface area contributed by atoms with Crippen molar-refractivity contribution in [1.29, 1.82) is 0 Å². The molecule has 1 aromatic heterocycles. The van der Waals surface area contributed by atoms with Gasteiger partial charge in [0.1, 0.15) is 18.3 Å². The Hall–Kier alpha value is -1.17. The van der Waals surface area contributed by atoms with Crippen molar-refractivity contribution < 1.29 is 31.9 Å². The van der Waals surface area contributed by atoms with E-state index < -0.39 is 59.4 Å². The van der Waals surface area contributed by atoms with Crippen LogP contribution in [0.4, 0.5) is 0 Å². The Labute approximate surface area is 220 Å². The Kier molecular flexibility index (Phi) is 8.68. The molecule has 0 radical (unpaired) electrons. The number of hydrogen-bond donors (Lipinski definition) is 1. The summed E-state index contributed by atoms with van der Waals surface area (Å²) in [5.74, 6) is 0.